The monoisotopic (exact) mass is 277 g/mol. The number of rotatable bonds is 4. The molecule has 1 aromatic heterocycles. The maximum Gasteiger partial charge on any atom is 0.332 e. The maximum absolute atomic E-state index is 11.1. The van der Waals surface area contributed by atoms with Gasteiger partial charge in [0.15, 0.2) is 5.82 Å². The van der Waals surface area contributed by atoms with Crippen molar-refractivity contribution < 1.29 is 9.53 Å². The van der Waals surface area contributed by atoms with E-state index in [-0.39, 0.29) is 0 Å². The van der Waals surface area contributed by atoms with Crippen LogP contribution in [0.2, 0.25) is 5.02 Å². The Bertz CT molecular complexity index is 607. The van der Waals surface area contributed by atoms with E-state index in [0.29, 0.717) is 17.5 Å². The molecule has 98 valence electrons. The van der Waals surface area contributed by atoms with E-state index in [1.165, 1.54) is 23.3 Å². The molecule has 0 saturated carbocycles. The van der Waals surface area contributed by atoms with Crippen LogP contribution in [-0.2, 0) is 9.53 Å². The summed E-state index contributed by atoms with van der Waals surface area (Å²) in [5, 5.41) is 4.83. The number of carbonyl (C=O) groups is 1. The molecule has 2 rings (SSSR count). The Morgan fingerprint density at radius 3 is 3.11 bits per heavy atom. The van der Waals surface area contributed by atoms with Gasteiger partial charge in [-0.15, -0.1) is 5.10 Å². The Labute approximate surface area is 115 Å². The zero-order chi connectivity index (χ0) is 13.7. The smallest absolute Gasteiger partial charge is 0.332 e. The van der Waals surface area contributed by atoms with E-state index >= 15 is 0 Å². The largest absolute Gasteiger partial charge is 0.463 e. The van der Waals surface area contributed by atoms with Crippen LogP contribution in [0.3, 0.4) is 0 Å². The van der Waals surface area contributed by atoms with Crippen molar-refractivity contribution >= 4 is 23.8 Å². The molecule has 1 aromatic carbocycles. The maximum atomic E-state index is 11.1. The van der Waals surface area contributed by atoms with E-state index < -0.39 is 5.97 Å². The standard InChI is InChI=1S/C13H12ClN3O2/c1-2-19-12(18)6-7-17-9-15-13(16-17)10-4-3-5-11(14)8-10/h3-9H,2H2,1H3. The quantitative estimate of drug-likeness (QED) is 0.637. The number of hydrogen-bond donors (Lipinski definition) is 0. The zero-order valence-electron chi connectivity index (χ0n) is 10.3. The van der Waals surface area contributed by atoms with Crippen molar-refractivity contribution in [1.82, 2.24) is 14.8 Å². The van der Waals surface area contributed by atoms with Gasteiger partial charge in [0.05, 0.1) is 6.61 Å². The molecule has 0 N–H and O–H groups in total. The molecular weight excluding hydrogens is 266 g/mol. The van der Waals surface area contributed by atoms with E-state index in [9.17, 15) is 4.79 Å². The lowest BCUT2D eigenvalue weighted by Crippen LogP contribution is -2.00. The first-order chi connectivity index (χ1) is 9.19. The lowest BCUT2D eigenvalue weighted by molar-refractivity contribution is -0.137. The Morgan fingerprint density at radius 2 is 2.37 bits per heavy atom. The van der Waals surface area contributed by atoms with Gasteiger partial charge in [-0.05, 0) is 19.1 Å². The van der Waals surface area contributed by atoms with Crippen molar-refractivity contribution in [2.45, 2.75) is 6.92 Å². The molecule has 0 amide bonds. The van der Waals surface area contributed by atoms with Crippen molar-refractivity contribution in [3.63, 3.8) is 0 Å². The molecule has 0 unspecified atom stereocenters. The molecule has 0 atom stereocenters. The summed E-state index contributed by atoms with van der Waals surface area (Å²) in [6.07, 6.45) is 4.28. The molecule has 0 aliphatic rings. The van der Waals surface area contributed by atoms with Crippen LogP contribution >= 0.6 is 11.6 Å². The van der Waals surface area contributed by atoms with Gasteiger partial charge < -0.3 is 4.74 Å². The van der Waals surface area contributed by atoms with Crippen molar-refractivity contribution in [1.29, 1.82) is 0 Å². The Kier molecular flexibility index (Phi) is 4.30. The summed E-state index contributed by atoms with van der Waals surface area (Å²) < 4.78 is 6.20. The molecule has 0 aliphatic heterocycles. The molecule has 0 saturated heterocycles. The number of halogens is 1. The van der Waals surface area contributed by atoms with E-state index in [4.69, 9.17) is 16.3 Å². The van der Waals surface area contributed by atoms with Gasteiger partial charge in [-0.2, -0.15) is 0 Å². The Morgan fingerprint density at radius 1 is 1.53 bits per heavy atom. The first-order valence-corrected chi connectivity index (χ1v) is 6.09. The third-order valence-electron chi connectivity index (χ3n) is 2.24. The molecule has 5 nitrogen and oxygen atoms in total. The van der Waals surface area contributed by atoms with Gasteiger partial charge >= 0.3 is 5.97 Å². The van der Waals surface area contributed by atoms with E-state index in [1.807, 2.05) is 12.1 Å². The van der Waals surface area contributed by atoms with Crippen LogP contribution in [0, 0.1) is 0 Å². The van der Waals surface area contributed by atoms with Gasteiger partial charge in [-0.3, -0.25) is 0 Å². The predicted molar refractivity (Wildman–Crippen MR) is 72.4 cm³/mol. The molecule has 2 aromatic rings. The van der Waals surface area contributed by atoms with Gasteiger partial charge in [0, 0.05) is 22.9 Å². The summed E-state index contributed by atoms with van der Waals surface area (Å²) in [6, 6.07) is 7.24. The predicted octanol–water partition coefficient (Wildman–Crippen LogP) is 2.63. The molecule has 0 aliphatic carbocycles. The summed E-state index contributed by atoms with van der Waals surface area (Å²) in [5.74, 6) is 0.123. The third kappa shape index (κ3) is 3.66. The average Bonchev–Trinajstić information content (AvgIpc) is 2.85. The van der Waals surface area contributed by atoms with Gasteiger partial charge in [0.2, 0.25) is 0 Å². The summed E-state index contributed by atoms with van der Waals surface area (Å²) >= 11 is 5.90. The lowest BCUT2D eigenvalue weighted by atomic mass is 10.2. The molecule has 0 bridgehead atoms. The van der Waals surface area contributed by atoms with Crippen molar-refractivity contribution in [2.75, 3.05) is 6.61 Å². The van der Waals surface area contributed by atoms with Gasteiger partial charge in [0.1, 0.15) is 6.33 Å². The summed E-state index contributed by atoms with van der Waals surface area (Å²) in [6.45, 7) is 2.09. The number of hydrogen-bond acceptors (Lipinski definition) is 4. The molecule has 6 heteroatoms. The SMILES string of the molecule is CCOC(=O)C=Cn1cnc(-c2cccc(Cl)c2)n1. The number of carbonyl (C=O) groups excluding carboxylic acids is 1. The minimum atomic E-state index is -0.415. The molecule has 1 heterocycles. The fraction of sp³-hybridized carbons (Fsp3) is 0.154. The van der Waals surface area contributed by atoms with Gasteiger partial charge in [0.25, 0.3) is 0 Å². The van der Waals surface area contributed by atoms with Crippen LogP contribution in [0.5, 0.6) is 0 Å². The average molecular weight is 278 g/mol. The highest BCUT2D eigenvalue weighted by molar-refractivity contribution is 6.30. The number of aromatic nitrogens is 3. The van der Waals surface area contributed by atoms with Crippen LogP contribution in [-0.4, -0.2) is 27.3 Å². The summed E-state index contributed by atoms with van der Waals surface area (Å²) in [4.78, 5) is 15.3. The van der Waals surface area contributed by atoms with Crippen molar-refractivity contribution in [3.05, 3.63) is 41.7 Å². The van der Waals surface area contributed by atoms with Crippen LogP contribution in [0.25, 0.3) is 17.6 Å². The summed E-state index contributed by atoms with van der Waals surface area (Å²) in [7, 11) is 0. The van der Waals surface area contributed by atoms with Crippen molar-refractivity contribution in [2.24, 2.45) is 0 Å². The van der Waals surface area contributed by atoms with Crippen LogP contribution in [0.15, 0.2) is 36.7 Å². The first kappa shape index (κ1) is 13.3. The minimum absolute atomic E-state index is 0.342. The number of ether oxygens (including phenoxy) is 1. The fourth-order valence-electron chi connectivity index (χ4n) is 1.43. The molecule has 0 fully saturated rings. The van der Waals surface area contributed by atoms with Crippen LogP contribution in [0.1, 0.15) is 6.92 Å². The normalized spacial score (nSPS) is 10.8. The van der Waals surface area contributed by atoms with E-state index in [2.05, 4.69) is 10.1 Å². The number of benzene rings is 1. The third-order valence-corrected chi connectivity index (χ3v) is 2.48. The fourth-order valence-corrected chi connectivity index (χ4v) is 1.62. The highest BCUT2D eigenvalue weighted by Gasteiger charge is 2.03. The van der Waals surface area contributed by atoms with E-state index in [1.54, 1.807) is 19.1 Å². The highest BCUT2D eigenvalue weighted by atomic mass is 35.5. The first-order valence-electron chi connectivity index (χ1n) is 5.71. The second kappa shape index (κ2) is 6.15. The lowest BCUT2D eigenvalue weighted by Gasteiger charge is -1.95. The number of esters is 1. The van der Waals surface area contributed by atoms with Crippen LogP contribution < -0.4 is 0 Å². The van der Waals surface area contributed by atoms with E-state index in [0.717, 1.165) is 5.56 Å². The second-order valence-corrected chi connectivity index (χ2v) is 4.06. The van der Waals surface area contributed by atoms with Crippen molar-refractivity contribution in [3.8, 4) is 11.4 Å². The molecule has 0 radical (unpaired) electrons. The minimum Gasteiger partial charge on any atom is -0.463 e. The molecule has 0 spiro atoms. The zero-order valence-corrected chi connectivity index (χ0v) is 11.0. The van der Waals surface area contributed by atoms with Gasteiger partial charge in [-0.25, -0.2) is 14.5 Å². The second-order valence-electron chi connectivity index (χ2n) is 3.63. The van der Waals surface area contributed by atoms with Crippen LogP contribution in [0.4, 0.5) is 0 Å². The molecular formula is C13H12ClN3O2. The Hall–Kier alpha value is -2.14. The molecule has 19 heavy (non-hydrogen) atoms. The highest BCUT2D eigenvalue weighted by Crippen LogP contribution is 2.18. The topological polar surface area (TPSA) is 57.0 Å². The van der Waals surface area contributed by atoms with Gasteiger partial charge in [-0.1, -0.05) is 23.7 Å². The Balaban J connectivity index is 2.13. The number of nitrogens with zero attached hydrogens (tertiary/aromatic N) is 3. The summed E-state index contributed by atoms with van der Waals surface area (Å²) in [5.41, 5.74) is 0.816.